The summed E-state index contributed by atoms with van der Waals surface area (Å²) in [5.74, 6) is 0.845. The molecule has 0 aliphatic carbocycles. The lowest BCUT2D eigenvalue weighted by molar-refractivity contribution is -0.0282. The number of hydrogen-bond acceptors (Lipinski definition) is 4. The van der Waals surface area contributed by atoms with Gasteiger partial charge in [-0.1, -0.05) is 18.2 Å². The summed E-state index contributed by atoms with van der Waals surface area (Å²) in [5, 5.41) is 7.29. The van der Waals surface area contributed by atoms with Crippen molar-refractivity contribution in [3.05, 3.63) is 35.1 Å². The van der Waals surface area contributed by atoms with Crippen molar-refractivity contribution in [1.29, 1.82) is 0 Å². The second kappa shape index (κ2) is 5.03. The van der Waals surface area contributed by atoms with E-state index < -0.39 is 0 Å². The van der Waals surface area contributed by atoms with Crippen molar-refractivity contribution in [2.45, 2.75) is 19.4 Å². The fourth-order valence-corrected chi connectivity index (χ4v) is 2.73. The van der Waals surface area contributed by atoms with Crippen LogP contribution in [0.15, 0.2) is 30.3 Å². The summed E-state index contributed by atoms with van der Waals surface area (Å²) < 4.78 is 8.33. The van der Waals surface area contributed by atoms with Gasteiger partial charge in [-0.05, 0) is 38.2 Å². The minimum Gasteiger partial charge on any atom is -0.372 e. The van der Waals surface area contributed by atoms with E-state index in [0.717, 1.165) is 24.7 Å². The second-order valence-electron chi connectivity index (χ2n) is 5.53. The van der Waals surface area contributed by atoms with Gasteiger partial charge in [0.05, 0.1) is 17.9 Å². The molecule has 1 aromatic carbocycles. The van der Waals surface area contributed by atoms with Crippen molar-refractivity contribution in [3.8, 4) is 5.69 Å². The zero-order valence-electron chi connectivity index (χ0n) is 11.7. The highest BCUT2D eigenvalue weighted by molar-refractivity contribution is 7.71. The van der Waals surface area contributed by atoms with Crippen molar-refractivity contribution >= 4 is 18.2 Å². The van der Waals surface area contributed by atoms with E-state index in [1.807, 2.05) is 34.9 Å². The minimum absolute atomic E-state index is 0.173. The summed E-state index contributed by atoms with van der Waals surface area (Å²) in [7, 11) is 0. The van der Waals surface area contributed by atoms with Gasteiger partial charge in [-0.3, -0.25) is 4.57 Å². The molecule has 20 heavy (non-hydrogen) atoms. The number of benzene rings is 1. The molecule has 1 saturated heterocycles. The third-order valence-electron chi connectivity index (χ3n) is 3.38. The number of anilines is 1. The van der Waals surface area contributed by atoms with Gasteiger partial charge in [0.25, 0.3) is 0 Å². The molecule has 1 aromatic heterocycles. The number of ether oxygens (including phenoxy) is 1. The van der Waals surface area contributed by atoms with E-state index in [9.17, 15) is 0 Å². The van der Waals surface area contributed by atoms with E-state index in [4.69, 9.17) is 17.0 Å². The Morgan fingerprint density at radius 3 is 2.75 bits per heavy atom. The van der Waals surface area contributed by atoms with Gasteiger partial charge in [0.2, 0.25) is 10.7 Å². The molecule has 0 unspecified atom stereocenters. The zero-order chi connectivity index (χ0) is 14.2. The van der Waals surface area contributed by atoms with Gasteiger partial charge in [-0.25, -0.2) is 5.10 Å². The number of H-pyrrole nitrogens is 1. The molecule has 0 amide bonds. The van der Waals surface area contributed by atoms with Crippen molar-refractivity contribution in [1.82, 2.24) is 14.8 Å². The summed E-state index contributed by atoms with van der Waals surface area (Å²) in [6, 6.07) is 10.0. The topological polar surface area (TPSA) is 46.1 Å². The van der Waals surface area contributed by atoms with E-state index >= 15 is 0 Å². The molecule has 0 atom stereocenters. The van der Waals surface area contributed by atoms with Gasteiger partial charge in [-0.2, -0.15) is 0 Å². The minimum atomic E-state index is -0.173. The maximum Gasteiger partial charge on any atom is 0.230 e. The van der Waals surface area contributed by atoms with Crippen LogP contribution >= 0.6 is 12.2 Å². The van der Waals surface area contributed by atoms with Crippen LogP contribution in [-0.2, 0) is 4.74 Å². The van der Waals surface area contributed by atoms with Crippen LogP contribution < -0.4 is 4.90 Å². The Morgan fingerprint density at radius 2 is 2.05 bits per heavy atom. The van der Waals surface area contributed by atoms with E-state index in [2.05, 4.69) is 28.9 Å². The first-order chi connectivity index (χ1) is 9.57. The van der Waals surface area contributed by atoms with Crippen LogP contribution in [0.3, 0.4) is 0 Å². The van der Waals surface area contributed by atoms with Crippen molar-refractivity contribution < 1.29 is 4.74 Å². The number of nitrogens with zero attached hydrogens (tertiary/aromatic N) is 3. The highest BCUT2D eigenvalue weighted by atomic mass is 32.1. The fraction of sp³-hybridized carbons (Fsp3) is 0.429. The van der Waals surface area contributed by atoms with Crippen LogP contribution in [-0.4, -0.2) is 40.1 Å². The largest absolute Gasteiger partial charge is 0.372 e. The predicted octanol–water partition coefficient (Wildman–Crippen LogP) is 2.55. The third-order valence-corrected chi connectivity index (χ3v) is 3.65. The second-order valence-corrected chi connectivity index (χ2v) is 5.92. The Labute approximate surface area is 123 Å². The number of rotatable bonds is 2. The van der Waals surface area contributed by atoms with Gasteiger partial charge in [0, 0.05) is 13.1 Å². The van der Waals surface area contributed by atoms with Gasteiger partial charge in [-0.15, -0.1) is 5.10 Å². The van der Waals surface area contributed by atoms with Crippen molar-refractivity contribution in [2.24, 2.45) is 0 Å². The third kappa shape index (κ3) is 2.48. The molecule has 3 rings (SSSR count). The zero-order valence-corrected chi connectivity index (χ0v) is 12.5. The molecule has 0 bridgehead atoms. The number of para-hydroxylation sites is 1. The van der Waals surface area contributed by atoms with Crippen LogP contribution in [0.1, 0.15) is 13.8 Å². The molecule has 1 aliphatic rings. The Hall–Kier alpha value is -1.66. The average Bonchev–Trinajstić information content (AvgIpc) is 2.80. The molecule has 1 aliphatic heterocycles. The van der Waals surface area contributed by atoms with Crippen LogP contribution in [0.5, 0.6) is 0 Å². The van der Waals surface area contributed by atoms with Gasteiger partial charge in [0.15, 0.2) is 0 Å². The molecular formula is C14H18N4OS. The summed E-state index contributed by atoms with van der Waals surface area (Å²) in [5.41, 5.74) is 0.846. The molecule has 106 valence electrons. The van der Waals surface area contributed by atoms with Crippen molar-refractivity contribution in [3.63, 3.8) is 0 Å². The smallest absolute Gasteiger partial charge is 0.230 e. The first-order valence-corrected chi connectivity index (χ1v) is 7.09. The normalized spacial score (nSPS) is 18.2. The number of aromatic amines is 1. The molecule has 1 fully saturated rings. The predicted molar refractivity (Wildman–Crippen MR) is 81.0 cm³/mol. The summed E-state index contributed by atoms with van der Waals surface area (Å²) in [4.78, 5) is 2.21. The fourth-order valence-electron chi connectivity index (χ4n) is 2.50. The van der Waals surface area contributed by atoms with Crippen molar-refractivity contribution in [2.75, 3.05) is 24.6 Å². The number of aromatic nitrogens is 3. The van der Waals surface area contributed by atoms with E-state index in [-0.39, 0.29) is 5.60 Å². The quantitative estimate of drug-likeness (QED) is 0.863. The van der Waals surface area contributed by atoms with Crippen LogP contribution in [0.2, 0.25) is 0 Å². The van der Waals surface area contributed by atoms with E-state index in [1.54, 1.807) is 0 Å². The molecule has 1 N–H and O–H groups in total. The summed E-state index contributed by atoms with van der Waals surface area (Å²) >= 11 is 5.37. The molecule has 0 spiro atoms. The van der Waals surface area contributed by atoms with Gasteiger partial charge in [0.1, 0.15) is 0 Å². The van der Waals surface area contributed by atoms with E-state index in [0.29, 0.717) is 11.4 Å². The number of morpholine rings is 1. The molecule has 2 aromatic rings. The highest BCUT2D eigenvalue weighted by Gasteiger charge is 2.29. The molecule has 0 radical (unpaired) electrons. The lowest BCUT2D eigenvalue weighted by atomic mass is 10.1. The maximum atomic E-state index is 5.75. The molecule has 5 nitrogen and oxygen atoms in total. The van der Waals surface area contributed by atoms with Gasteiger partial charge >= 0.3 is 0 Å². The SMILES string of the molecule is CC1(C)CN(c2n[nH]c(=S)n2-c2ccccc2)CCO1. The molecular weight excluding hydrogens is 272 g/mol. The summed E-state index contributed by atoms with van der Waals surface area (Å²) in [6.07, 6.45) is 0. The Balaban J connectivity index is 2.01. The first-order valence-electron chi connectivity index (χ1n) is 6.69. The highest BCUT2D eigenvalue weighted by Crippen LogP contribution is 2.24. The van der Waals surface area contributed by atoms with E-state index in [1.165, 1.54) is 0 Å². The van der Waals surface area contributed by atoms with Crippen LogP contribution in [0.4, 0.5) is 5.95 Å². The summed E-state index contributed by atoms with van der Waals surface area (Å²) in [6.45, 7) is 6.48. The standard InChI is InChI=1S/C14H18N4OS/c1-14(2)10-17(8-9-19-14)12-15-16-13(20)18(12)11-6-4-3-5-7-11/h3-7H,8-10H2,1-2H3,(H,16,20). The number of hydrogen-bond donors (Lipinski definition) is 1. The molecule has 2 heterocycles. The molecule has 6 heteroatoms. The van der Waals surface area contributed by atoms with Crippen LogP contribution in [0, 0.1) is 4.77 Å². The maximum absolute atomic E-state index is 5.75. The monoisotopic (exact) mass is 290 g/mol. The average molecular weight is 290 g/mol. The molecule has 0 saturated carbocycles. The lowest BCUT2D eigenvalue weighted by Crippen LogP contribution is -2.49. The van der Waals surface area contributed by atoms with Gasteiger partial charge < -0.3 is 9.64 Å². The first kappa shape index (κ1) is 13.3. The Morgan fingerprint density at radius 1 is 1.30 bits per heavy atom. The van der Waals surface area contributed by atoms with Crippen LogP contribution in [0.25, 0.3) is 5.69 Å². The Bertz CT molecular complexity index is 647. The Kier molecular flexibility index (Phi) is 3.35. The lowest BCUT2D eigenvalue weighted by Gasteiger charge is -2.38. The number of nitrogens with one attached hydrogen (secondary N) is 1.